The lowest BCUT2D eigenvalue weighted by Crippen LogP contribution is -1.90. The van der Waals surface area contributed by atoms with Crippen molar-refractivity contribution >= 4 is 23.8 Å². The van der Waals surface area contributed by atoms with Crippen LogP contribution in [-0.4, -0.2) is 16.8 Å². The minimum Gasteiger partial charge on any atom is -0.478 e. The number of thioether (sulfide) groups is 1. The van der Waals surface area contributed by atoms with E-state index in [0.717, 1.165) is 23.1 Å². The van der Waals surface area contributed by atoms with Crippen molar-refractivity contribution in [3.63, 3.8) is 0 Å². The fraction of sp³-hybridized carbons (Fsp3) is 0.357. The maximum atomic E-state index is 13.4. The molecule has 0 atom stereocenters. The molecule has 0 saturated heterocycles. The molecule has 0 unspecified atom stereocenters. The number of unbranched alkanes of at least 4 members (excludes halogenated alkanes) is 1. The van der Waals surface area contributed by atoms with E-state index < -0.39 is 11.8 Å². The van der Waals surface area contributed by atoms with Gasteiger partial charge < -0.3 is 5.11 Å². The van der Waals surface area contributed by atoms with Crippen LogP contribution in [0.2, 0.25) is 0 Å². The van der Waals surface area contributed by atoms with Gasteiger partial charge in [-0.2, -0.15) is 11.8 Å². The largest absolute Gasteiger partial charge is 0.478 e. The van der Waals surface area contributed by atoms with Gasteiger partial charge in [-0.15, -0.1) is 0 Å². The van der Waals surface area contributed by atoms with E-state index in [1.807, 2.05) is 11.8 Å². The highest BCUT2D eigenvalue weighted by atomic mass is 32.2. The lowest BCUT2D eigenvalue weighted by molar-refractivity contribution is -0.131. The zero-order valence-electron chi connectivity index (χ0n) is 10.4. The van der Waals surface area contributed by atoms with Crippen LogP contribution in [0.25, 0.3) is 6.08 Å². The number of hydrogen-bond acceptors (Lipinski definition) is 2. The molecule has 18 heavy (non-hydrogen) atoms. The van der Waals surface area contributed by atoms with Crippen LogP contribution in [-0.2, 0) is 10.5 Å². The van der Waals surface area contributed by atoms with E-state index >= 15 is 0 Å². The Hall–Kier alpha value is -1.29. The maximum absolute atomic E-state index is 13.4. The minimum absolute atomic E-state index is 0.325. The van der Waals surface area contributed by atoms with Gasteiger partial charge in [0.15, 0.2) is 0 Å². The summed E-state index contributed by atoms with van der Waals surface area (Å²) >= 11 is 1.81. The van der Waals surface area contributed by atoms with Crippen molar-refractivity contribution in [3.8, 4) is 0 Å². The first kappa shape index (κ1) is 14.8. The third kappa shape index (κ3) is 5.36. The topological polar surface area (TPSA) is 37.3 Å². The first-order valence-corrected chi connectivity index (χ1v) is 7.06. The fourth-order valence-electron chi connectivity index (χ4n) is 1.41. The molecule has 0 fully saturated rings. The predicted molar refractivity (Wildman–Crippen MR) is 74.1 cm³/mol. The molecule has 0 radical (unpaired) electrons. The number of carbonyl (C=O) groups is 1. The lowest BCUT2D eigenvalue weighted by atomic mass is 10.1. The molecule has 1 aromatic carbocycles. The van der Waals surface area contributed by atoms with Crippen LogP contribution in [0.4, 0.5) is 4.39 Å². The number of carboxylic acid groups (broad SMARTS) is 1. The van der Waals surface area contributed by atoms with Gasteiger partial charge in [0.05, 0.1) is 0 Å². The number of hydrogen-bond donors (Lipinski definition) is 1. The zero-order valence-corrected chi connectivity index (χ0v) is 11.2. The Morgan fingerprint density at radius 1 is 1.50 bits per heavy atom. The summed E-state index contributed by atoms with van der Waals surface area (Å²) in [5, 5.41) is 8.52. The highest BCUT2D eigenvalue weighted by Gasteiger charge is 2.02. The Kier molecular flexibility index (Phi) is 6.50. The summed E-state index contributed by atoms with van der Waals surface area (Å²) in [6, 6.07) is 4.83. The second kappa shape index (κ2) is 7.93. The molecule has 1 rings (SSSR count). The summed E-state index contributed by atoms with van der Waals surface area (Å²) in [7, 11) is 0. The molecule has 0 heterocycles. The zero-order chi connectivity index (χ0) is 13.4. The molecule has 0 saturated carbocycles. The molecule has 0 aromatic heterocycles. The van der Waals surface area contributed by atoms with Crippen LogP contribution in [0.3, 0.4) is 0 Å². The first-order chi connectivity index (χ1) is 8.63. The molecule has 0 aliphatic carbocycles. The van der Waals surface area contributed by atoms with Gasteiger partial charge in [-0.25, -0.2) is 9.18 Å². The normalized spacial score (nSPS) is 11.0. The van der Waals surface area contributed by atoms with E-state index in [1.165, 1.54) is 25.0 Å². The van der Waals surface area contributed by atoms with Gasteiger partial charge in [-0.1, -0.05) is 19.4 Å². The maximum Gasteiger partial charge on any atom is 0.328 e. The van der Waals surface area contributed by atoms with Gasteiger partial charge in [0, 0.05) is 17.4 Å². The molecular formula is C14H17FO2S. The smallest absolute Gasteiger partial charge is 0.328 e. The van der Waals surface area contributed by atoms with Crippen molar-refractivity contribution in [1.29, 1.82) is 0 Å². The fourth-order valence-corrected chi connectivity index (χ4v) is 2.46. The molecule has 98 valence electrons. The minimum atomic E-state index is -1.07. The molecule has 0 bridgehead atoms. The molecule has 1 aromatic rings. The Bertz CT molecular complexity index is 430. The number of carboxylic acids is 1. The number of aliphatic carboxylic acids is 1. The van der Waals surface area contributed by atoms with Gasteiger partial charge in [0.1, 0.15) is 5.82 Å². The first-order valence-electron chi connectivity index (χ1n) is 5.90. The van der Waals surface area contributed by atoms with Crippen molar-refractivity contribution in [3.05, 3.63) is 41.2 Å². The molecule has 0 aliphatic heterocycles. The van der Waals surface area contributed by atoms with Gasteiger partial charge in [-0.3, -0.25) is 0 Å². The standard InChI is InChI=1S/C14H17FO2S/c1-2-3-8-18-10-11-4-6-13(15)12(9-11)5-7-14(16)17/h4-7,9H,2-3,8,10H2,1H3,(H,16,17)/b7-5+. The summed E-state index contributed by atoms with van der Waals surface area (Å²) in [4.78, 5) is 10.4. The van der Waals surface area contributed by atoms with Crippen molar-refractivity contribution in [2.24, 2.45) is 0 Å². The van der Waals surface area contributed by atoms with E-state index in [4.69, 9.17) is 5.11 Å². The van der Waals surface area contributed by atoms with Crippen LogP contribution in [0, 0.1) is 5.82 Å². The van der Waals surface area contributed by atoms with Crippen LogP contribution in [0.1, 0.15) is 30.9 Å². The van der Waals surface area contributed by atoms with Crippen LogP contribution < -0.4 is 0 Å². The highest BCUT2D eigenvalue weighted by molar-refractivity contribution is 7.98. The monoisotopic (exact) mass is 268 g/mol. The van der Waals surface area contributed by atoms with E-state index in [2.05, 4.69) is 6.92 Å². The van der Waals surface area contributed by atoms with Gasteiger partial charge in [0.25, 0.3) is 0 Å². The number of halogens is 1. The Morgan fingerprint density at radius 2 is 2.28 bits per heavy atom. The molecular weight excluding hydrogens is 251 g/mol. The summed E-state index contributed by atoms with van der Waals surface area (Å²) in [5.41, 5.74) is 1.34. The van der Waals surface area contributed by atoms with Crippen molar-refractivity contribution in [1.82, 2.24) is 0 Å². The molecule has 0 aliphatic rings. The Morgan fingerprint density at radius 3 is 2.94 bits per heavy atom. The summed E-state index contributed by atoms with van der Waals surface area (Å²) in [5.74, 6) is 0.453. The van der Waals surface area contributed by atoms with E-state index in [-0.39, 0.29) is 0 Å². The average molecular weight is 268 g/mol. The summed E-state index contributed by atoms with van der Waals surface area (Å²) in [6.07, 6.45) is 4.59. The molecule has 0 spiro atoms. The van der Waals surface area contributed by atoms with Gasteiger partial charge in [-0.05, 0) is 35.9 Å². The second-order valence-corrected chi connectivity index (χ2v) is 5.04. The third-order valence-corrected chi connectivity index (χ3v) is 3.49. The van der Waals surface area contributed by atoms with E-state index in [0.29, 0.717) is 5.56 Å². The average Bonchev–Trinajstić information content (AvgIpc) is 2.34. The van der Waals surface area contributed by atoms with Gasteiger partial charge >= 0.3 is 5.97 Å². The van der Waals surface area contributed by atoms with Crippen molar-refractivity contribution < 1.29 is 14.3 Å². The van der Waals surface area contributed by atoms with Crippen molar-refractivity contribution in [2.75, 3.05) is 5.75 Å². The molecule has 0 amide bonds. The quantitative estimate of drug-likeness (QED) is 0.601. The van der Waals surface area contributed by atoms with Crippen molar-refractivity contribution in [2.45, 2.75) is 25.5 Å². The lowest BCUT2D eigenvalue weighted by Gasteiger charge is -2.04. The third-order valence-electron chi connectivity index (χ3n) is 2.38. The van der Waals surface area contributed by atoms with Crippen LogP contribution in [0.5, 0.6) is 0 Å². The van der Waals surface area contributed by atoms with Crippen LogP contribution in [0.15, 0.2) is 24.3 Å². The predicted octanol–water partition coefficient (Wildman–Crippen LogP) is 3.96. The Balaban J connectivity index is 2.65. The number of benzene rings is 1. The molecule has 2 nitrogen and oxygen atoms in total. The molecule has 1 N–H and O–H groups in total. The Labute approximate surface area is 111 Å². The van der Waals surface area contributed by atoms with Crippen LogP contribution >= 0.6 is 11.8 Å². The van der Waals surface area contributed by atoms with Gasteiger partial charge in [0.2, 0.25) is 0 Å². The SMILES string of the molecule is CCCCSCc1ccc(F)c(/C=C/C(=O)O)c1. The summed E-state index contributed by atoms with van der Waals surface area (Å²) < 4.78 is 13.4. The summed E-state index contributed by atoms with van der Waals surface area (Å²) in [6.45, 7) is 2.15. The number of rotatable bonds is 7. The van der Waals surface area contributed by atoms with E-state index in [1.54, 1.807) is 12.1 Å². The van der Waals surface area contributed by atoms with E-state index in [9.17, 15) is 9.18 Å². The molecule has 4 heteroatoms. The second-order valence-electron chi connectivity index (χ2n) is 3.93. The highest BCUT2D eigenvalue weighted by Crippen LogP contribution is 2.18.